The van der Waals surface area contributed by atoms with E-state index in [0.29, 0.717) is 29.1 Å². The molecule has 0 saturated carbocycles. The van der Waals surface area contributed by atoms with Crippen LogP contribution in [0.3, 0.4) is 0 Å². The molecule has 0 radical (unpaired) electrons. The van der Waals surface area contributed by atoms with Crippen LogP contribution in [-0.2, 0) is 16.0 Å². The summed E-state index contributed by atoms with van der Waals surface area (Å²) >= 11 is 0. The number of hydrogen-bond donors (Lipinski definition) is 1. The average Bonchev–Trinajstić information content (AvgIpc) is 3.42. The molecule has 2 aromatic heterocycles. The van der Waals surface area contributed by atoms with Crippen molar-refractivity contribution in [1.82, 2.24) is 19.8 Å². The van der Waals surface area contributed by atoms with Crippen LogP contribution in [0, 0.1) is 0 Å². The van der Waals surface area contributed by atoms with Gasteiger partial charge in [0, 0.05) is 31.6 Å². The van der Waals surface area contributed by atoms with E-state index in [1.165, 1.54) is 20.0 Å². The van der Waals surface area contributed by atoms with E-state index in [-0.39, 0.29) is 12.3 Å². The number of fused-ring (bicyclic) bond motifs is 1. The van der Waals surface area contributed by atoms with Crippen molar-refractivity contribution in [3.63, 3.8) is 0 Å². The first-order valence-corrected chi connectivity index (χ1v) is 9.58. The highest BCUT2D eigenvalue weighted by Crippen LogP contribution is 2.18. The third-order valence-corrected chi connectivity index (χ3v) is 4.91. The van der Waals surface area contributed by atoms with Crippen molar-refractivity contribution in [2.75, 3.05) is 30.4 Å². The van der Waals surface area contributed by atoms with Gasteiger partial charge in [0.2, 0.25) is 5.91 Å². The lowest BCUT2D eigenvalue weighted by Gasteiger charge is -2.15. The van der Waals surface area contributed by atoms with Crippen molar-refractivity contribution < 1.29 is 14.3 Å². The number of methoxy groups -OCH3 is 1. The van der Waals surface area contributed by atoms with Crippen molar-refractivity contribution in [3.05, 3.63) is 47.8 Å². The van der Waals surface area contributed by atoms with Crippen molar-refractivity contribution in [3.8, 4) is 0 Å². The van der Waals surface area contributed by atoms with Gasteiger partial charge in [-0.05, 0) is 49.2 Å². The molecule has 1 fully saturated rings. The summed E-state index contributed by atoms with van der Waals surface area (Å²) in [5, 5.41) is 15.8. The number of carbonyl (C=O) groups excluding carboxylic acids is 2. The number of nitrogens with zero attached hydrogens (tertiary/aromatic N) is 5. The molecule has 0 spiro atoms. The summed E-state index contributed by atoms with van der Waals surface area (Å²) in [6.45, 7) is 2.01. The first-order chi connectivity index (χ1) is 14.1. The van der Waals surface area contributed by atoms with Crippen molar-refractivity contribution in [2.45, 2.75) is 25.7 Å². The maximum absolute atomic E-state index is 12.3. The molecule has 0 aliphatic carbocycles. The van der Waals surface area contributed by atoms with Crippen LogP contribution in [-0.4, -0.2) is 51.9 Å². The van der Waals surface area contributed by atoms with Gasteiger partial charge in [-0.3, -0.25) is 4.79 Å². The van der Waals surface area contributed by atoms with Gasteiger partial charge in [-0.25, -0.2) is 4.79 Å². The van der Waals surface area contributed by atoms with Crippen LogP contribution in [0.1, 0.15) is 35.4 Å². The van der Waals surface area contributed by atoms with Crippen LogP contribution in [0.25, 0.3) is 5.65 Å². The van der Waals surface area contributed by atoms with Crippen molar-refractivity contribution >= 4 is 29.0 Å². The minimum absolute atomic E-state index is 0.150. The van der Waals surface area contributed by atoms with E-state index in [0.717, 1.165) is 18.9 Å². The maximum atomic E-state index is 12.3. The number of ether oxygens (including phenoxy) is 1. The van der Waals surface area contributed by atoms with Crippen LogP contribution in [0.4, 0.5) is 11.5 Å². The van der Waals surface area contributed by atoms with E-state index in [2.05, 4.69) is 30.2 Å². The van der Waals surface area contributed by atoms with Gasteiger partial charge in [0.15, 0.2) is 11.5 Å². The third kappa shape index (κ3) is 4.18. The predicted octanol–water partition coefficient (Wildman–Crippen LogP) is 2.08. The second-order valence-corrected chi connectivity index (χ2v) is 6.89. The Labute approximate surface area is 167 Å². The van der Waals surface area contributed by atoms with Crippen molar-refractivity contribution in [1.29, 1.82) is 0 Å². The van der Waals surface area contributed by atoms with Crippen LogP contribution < -0.4 is 10.2 Å². The molecule has 4 rings (SSSR count). The SMILES string of the molecule is COC(=O)c1ccc(NC(=O)CCc2nnc3ccc(N4CCCC4)nn23)cc1. The lowest BCUT2D eigenvalue weighted by molar-refractivity contribution is -0.116. The fraction of sp³-hybridized carbons (Fsp3) is 0.350. The predicted molar refractivity (Wildman–Crippen MR) is 107 cm³/mol. The van der Waals surface area contributed by atoms with Gasteiger partial charge in [-0.1, -0.05) is 0 Å². The monoisotopic (exact) mass is 394 g/mol. The van der Waals surface area contributed by atoms with E-state index in [9.17, 15) is 9.59 Å². The van der Waals surface area contributed by atoms with Crippen LogP contribution >= 0.6 is 0 Å². The fourth-order valence-corrected chi connectivity index (χ4v) is 3.35. The zero-order valence-electron chi connectivity index (χ0n) is 16.2. The largest absolute Gasteiger partial charge is 0.465 e. The third-order valence-electron chi connectivity index (χ3n) is 4.91. The summed E-state index contributed by atoms with van der Waals surface area (Å²) in [7, 11) is 1.33. The van der Waals surface area contributed by atoms with Crippen LogP contribution in [0.2, 0.25) is 0 Å². The molecule has 3 aromatic rings. The summed E-state index contributed by atoms with van der Waals surface area (Å²) in [6.07, 6.45) is 3.02. The van der Waals surface area contributed by atoms with E-state index in [1.807, 2.05) is 12.1 Å². The molecule has 150 valence electrons. The summed E-state index contributed by atoms with van der Waals surface area (Å²) in [5.74, 6) is 0.995. The maximum Gasteiger partial charge on any atom is 0.337 e. The molecule has 3 heterocycles. The van der Waals surface area contributed by atoms with Crippen molar-refractivity contribution in [2.24, 2.45) is 0 Å². The Kier molecular flexibility index (Phi) is 5.37. The van der Waals surface area contributed by atoms with Crippen LogP contribution in [0.5, 0.6) is 0 Å². The molecule has 0 atom stereocenters. The van der Waals surface area contributed by atoms with E-state index in [1.54, 1.807) is 28.8 Å². The van der Waals surface area contributed by atoms with Gasteiger partial charge in [0.05, 0.1) is 12.7 Å². The number of benzene rings is 1. The fourth-order valence-electron chi connectivity index (χ4n) is 3.35. The summed E-state index contributed by atoms with van der Waals surface area (Å²) in [4.78, 5) is 26.0. The zero-order valence-corrected chi connectivity index (χ0v) is 16.2. The number of aryl methyl sites for hydroxylation is 1. The van der Waals surface area contributed by atoms with Gasteiger partial charge in [-0.2, -0.15) is 4.52 Å². The summed E-state index contributed by atoms with van der Waals surface area (Å²) in [6, 6.07) is 10.4. The first kappa shape index (κ1) is 18.9. The Morgan fingerprint density at radius 1 is 1.07 bits per heavy atom. The second-order valence-electron chi connectivity index (χ2n) is 6.89. The zero-order chi connectivity index (χ0) is 20.2. The average molecular weight is 394 g/mol. The summed E-state index contributed by atoms with van der Waals surface area (Å²) in [5.41, 5.74) is 1.71. The highest BCUT2D eigenvalue weighted by atomic mass is 16.5. The van der Waals surface area contributed by atoms with Gasteiger partial charge in [0.25, 0.3) is 0 Å². The Hall–Kier alpha value is -3.49. The number of hydrogen-bond acceptors (Lipinski definition) is 7. The Morgan fingerprint density at radius 3 is 2.55 bits per heavy atom. The molecular formula is C20H22N6O3. The van der Waals surface area contributed by atoms with Gasteiger partial charge in [0.1, 0.15) is 5.82 Å². The first-order valence-electron chi connectivity index (χ1n) is 9.58. The number of carbonyl (C=O) groups is 2. The molecule has 1 N–H and O–H groups in total. The van der Waals surface area contributed by atoms with Gasteiger partial charge >= 0.3 is 5.97 Å². The summed E-state index contributed by atoms with van der Waals surface area (Å²) < 4.78 is 6.38. The molecule has 1 aliphatic rings. The molecule has 9 heteroatoms. The standard InChI is InChI=1S/C20H22N6O3/c1-29-20(28)14-4-6-15(7-5-14)21-19(27)11-10-17-23-22-16-8-9-18(24-26(16)17)25-12-2-3-13-25/h4-9H,2-3,10-13H2,1H3,(H,21,27). The molecular weight excluding hydrogens is 372 g/mol. The molecule has 1 aliphatic heterocycles. The topological polar surface area (TPSA) is 102 Å². The Morgan fingerprint density at radius 2 is 1.83 bits per heavy atom. The normalized spacial score (nSPS) is 13.6. The number of amides is 1. The molecule has 9 nitrogen and oxygen atoms in total. The molecule has 29 heavy (non-hydrogen) atoms. The second kappa shape index (κ2) is 8.26. The quantitative estimate of drug-likeness (QED) is 0.639. The number of nitrogens with one attached hydrogen (secondary N) is 1. The molecule has 0 bridgehead atoms. The molecule has 0 unspecified atom stereocenters. The highest BCUT2D eigenvalue weighted by Gasteiger charge is 2.16. The van der Waals surface area contributed by atoms with Gasteiger partial charge in [-0.15, -0.1) is 15.3 Å². The Bertz CT molecular complexity index is 1020. The van der Waals surface area contributed by atoms with E-state index in [4.69, 9.17) is 0 Å². The molecule has 1 amide bonds. The molecule has 1 aromatic carbocycles. The van der Waals surface area contributed by atoms with Crippen LogP contribution in [0.15, 0.2) is 36.4 Å². The van der Waals surface area contributed by atoms with E-state index < -0.39 is 5.97 Å². The number of anilines is 2. The minimum Gasteiger partial charge on any atom is -0.465 e. The Balaban J connectivity index is 1.39. The lowest BCUT2D eigenvalue weighted by Crippen LogP contribution is -2.20. The number of aromatic nitrogens is 4. The highest BCUT2D eigenvalue weighted by molar-refractivity contribution is 5.93. The molecule has 1 saturated heterocycles. The van der Waals surface area contributed by atoms with E-state index >= 15 is 0 Å². The minimum atomic E-state index is -0.414. The van der Waals surface area contributed by atoms with Gasteiger partial charge < -0.3 is 15.0 Å². The smallest absolute Gasteiger partial charge is 0.337 e. The number of rotatable bonds is 6. The number of esters is 1. The lowest BCUT2D eigenvalue weighted by atomic mass is 10.2.